The second-order valence-electron chi connectivity index (χ2n) is 3.81. The van der Waals surface area contributed by atoms with Gasteiger partial charge in [0.25, 0.3) is 0 Å². The number of rotatable bonds is 3. The van der Waals surface area contributed by atoms with Crippen LogP contribution in [-0.2, 0) is 11.3 Å². The fourth-order valence-electron chi connectivity index (χ4n) is 1.49. The van der Waals surface area contributed by atoms with Crippen LogP contribution in [0.1, 0.15) is 5.56 Å². The van der Waals surface area contributed by atoms with Crippen molar-refractivity contribution in [3.05, 3.63) is 34.6 Å². The lowest BCUT2D eigenvalue weighted by atomic mass is 10.2. The third-order valence-electron chi connectivity index (χ3n) is 2.32. The molecule has 94 valence electrons. The van der Waals surface area contributed by atoms with Crippen molar-refractivity contribution in [3.8, 4) is 0 Å². The Morgan fingerprint density at radius 3 is 2.94 bits per heavy atom. The van der Waals surface area contributed by atoms with E-state index in [2.05, 4.69) is 31.3 Å². The monoisotopic (exact) mass is 309 g/mol. The van der Waals surface area contributed by atoms with Crippen LogP contribution in [0.3, 0.4) is 0 Å². The van der Waals surface area contributed by atoms with Gasteiger partial charge in [0.05, 0.1) is 0 Å². The highest BCUT2D eigenvalue weighted by Gasteiger charge is 2.07. The lowest BCUT2D eigenvalue weighted by Gasteiger charge is -2.08. The quantitative estimate of drug-likeness (QED) is 0.901. The molecule has 0 spiro atoms. The van der Waals surface area contributed by atoms with E-state index in [1.165, 1.54) is 11.0 Å². The predicted octanol–water partition coefficient (Wildman–Crippen LogP) is 1.57. The molecule has 0 fully saturated rings. The highest BCUT2D eigenvalue weighted by Crippen LogP contribution is 2.19. The minimum Gasteiger partial charge on any atom is -0.367 e. The van der Waals surface area contributed by atoms with Gasteiger partial charge >= 0.3 is 0 Å². The smallest absolute Gasteiger partial charge is 0.246 e. The van der Waals surface area contributed by atoms with Crippen LogP contribution < -0.4 is 11.1 Å². The first-order chi connectivity index (χ1) is 8.54. The number of aromatic nitrogens is 3. The van der Waals surface area contributed by atoms with Gasteiger partial charge in [0, 0.05) is 10.2 Å². The van der Waals surface area contributed by atoms with E-state index >= 15 is 0 Å². The molecule has 7 heteroatoms. The summed E-state index contributed by atoms with van der Waals surface area (Å²) in [5, 5.41) is 6.65. The van der Waals surface area contributed by atoms with Crippen LogP contribution >= 0.6 is 15.9 Å². The molecule has 0 radical (unpaired) electrons. The SMILES string of the molecule is Cc1cc(Br)ccc1NC(=O)Cn1cnc(N)n1. The Bertz CT molecular complexity index is 581. The number of hydrogen-bond donors (Lipinski definition) is 2. The molecular formula is C11H12BrN5O. The number of amides is 1. The van der Waals surface area contributed by atoms with E-state index in [0.717, 1.165) is 15.7 Å². The van der Waals surface area contributed by atoms with Crippen LogP contribution in [0.15, 0.2) is 29.0 Å². The van der Waals surface area contributed by atoms with Gasteiger partial charge in [0.2, 0.25) is 11.9 Å². The lowest BCUT2D eigenvalue weighted by Crippen LogP contribution is -2.19. The summed E-state index contributed by atoms with van der Waals surface area (Å²) in [4.78, 5) is 15.5. The molecule has 0 unspecified atom stereocenters. The number of halogens is 1. The van der Waals surface area contributed by atoms with E-state index in [1.54, 1.807) is 0 Å². The van der Waals surface area contributed by atoms with E-state index < -0.39 is 0 Å². The van der Waals surface area contributed by atoms with Gasteiger partial charge in [-0.05, 0) is 30.7 Å². The van der Waals surface area contributed by atoms with Crippen molar-refractivity contribution < 1.29 is 4.79 Å². The van der Waals surface area contributed by atoms with Gasteiger partial charge in [-0.2, -0.15) is 0 Å². The first kappa shape index (κ1) is 12.6. The number of hydrogen-bond acceptors (Lipinski definition) is 4. The van der Waals surface area contributed by atoms with E-state index in [1.807, 2.05) is 25.1 Å². The summed E-state index contributed by atoms with van der Waals surface area (Å²) < 4.78 is 2.36. The van der Waals surface area contributed by atoms with Crippen molar-refractivity contribution in [2.75, 3.05) is 11.1 Å². The molecule has 18 heavy (non-hydrogen) atoms. The maximum atomic E-state index is 11.8. The molecule has 0 aliphatic carbocycles. The third-order valence-corrected chi connectivity index (χ3v) is 2.82. The summed E-state index contributed by atoms with van der Waals surface area (Å²) in [5.41, 5.74) is 7.12. The lowest BCUT2D eigenvalue weighted by molar-refractivity contribution is -0.116. The number of carbonyl (C=O) groups is 1. The number of carbonyl (C=O) groups excluding carboxylic acids is 1. The second-order valence-corrected chi connectivity index (χ2v) is 4.72. The van der Waals surface area contributed by atoms with Gasteiger partial charge in [-0.1, -0.05) is 15.9 Å². The van der Waals surface area contributed by atoms with Crippen molar-refractivity contribution in [1.29, 1.82) is 0 Å². The molecule has 6 nitrogen and oxygen atoms in total. The Morgan fingerprint density at radius 2 is 2.33 bits per heavy atom. The average molecular weight is 310 g/mol. The van der Waals surface area contributed by atoms with Crippen LogP contribution in [-0.4, -0.2) is 20.7 Å². The summed E-state index contributed by atoms with van der Waals surface area (Å²) in [6.07, 6.45) is 1.42. The molecule has 1 aromatic carbocycles. The highest BCUT2D eigenvalue weighted by atomic mass is 79.9. The van der Waals surface area contributed by atoms with Gasteiger partial charge in [-0.25, -0.2) is 9.67 Å². The molecule has 0 atom stereocenters. The van der Waals surface area contributed by atoms with Crippen LogP contribution in [0, 0.1) is 6.92 Å². The Hall–Kier alpha value is -1.89. The van der Waals surface area contributed by atoms with Crippen molar-refractivity contribution in [2.24, 2.45) is 0 Å². The van der Waals surface area contributed by atoms with E-state index in [-0.39, 0.29) is 18.4 Å². The number of aryl methyl sites for hydroxylation is 1. The second kappa shape index (κ2) is 5.18. The maximum absolute atomic E-state index is 11.8. The predicted molar refractivity (Wildman–Crippen MR) is 71.9 cm³/mol. The fraction of sp³-hybridized carbons (Fsp3) is 0.182. The van der Waals surface area contributed by atoms with E-state index in [9.17, 15) is 4.79 Å². The highest BCUT2D eigenvalue weighted by molar-refractivity contribution is 9.10. The Kier molecular flexibility index (Phi) is 3.61. The van der Waals surface area contributed by atoms with E-state index in [0.29, 0.717) is 0 Å². The summed E-state index contributed by atoms with van der Waals surface area (Å²) in [7, 11) is 0. The van der Waals surface area contributed by atoms with Crippen LogP contribution in [0.2, 0.25) is 0 Å². The molecular weight excluding hydrogens is 298 g/mol. The fourth-order valence-corrected chi connectivity index (χ4v) is 1.96. The Balaban J connectivity index is 2.03. The summed E-state index contributed by atoms with van der Waals surface area (Å²) >= 11 is 3.37. The Morgan fingerprint density at radius 1 is 1.56 bits per heavy atom. The summed E-state index contributed by atoms with van der Waals surface area (Å²) in [5.74, 6) is -0.0204. The molecule has 0 saturated carbocycles. The molecule has 2 rings (SSSR count). The van der Waals surface area contributed by atoms with Gasteiger partial charge in [0.15, 0.2) is 0 Å². The van der Waals surface area contributed by atoms with Crippen molar-refractivity contribution in [3.63, 3.8) is 0 Å². The van der Waals surface area contributed by atoms with Gasteiger partial charge in [0.1, 0.15) is 12.9 Å². The number of benzene rings is 1. The molecule has 1 aromatic heterocycles. The number of nitrogens with zero attached hydrogens (tertiary/aromatic N) is 3. The number of nitrogens with one attached hydrogen (secondary N) is 1. The molecule has 1 amide bonds. The van der Waals surface area contributed by atoms with Crippen molar-refractivity contribution in [1.82, 2.24) is 14.8 Å². The first-order valence-corrected chi connectivity index (χ1v) is 6.05. The van der Waals surface area contributed by atoms with Crippen LogP contribution in [0.25, 0.3) is 0 Å². The summed E-state index contributed by atoms with van der Waals surface area (Å²) in [6, 6.07) is 5.64. The summed E-state index contributed by atoms with van der Waals surface area (Å²) in [6.45, 7) is 2.01. The molecule has 2 aromatic rings. The molecule has 1 heterocycles. The van der Waals surface area contributed by atoms with Crippen LogP contribution in [0.5, 0.6) is 0 Å². The normalized spacial score (nSPS) is 10.3. The molecule has 0 saturated heterocycles. The molecule has 0 aliphatic heterocycles. The molecule has 0 bridgehead atoms. The Labute approximate surface area is 112 Å². The minimum atomic E-state index is -0.176. The topological polar surface area (TPSA) is 85.8 Å². The largest absolute Gasteiger partial charge is 0.367 e. The molecule has 0 aliphatic rings. The van der Waals surface area contributed by atoms with Crippen molar-refractivity contribution >= 4 is 33.5 Å². The zero-order valence-corrected chi connectivity index (χ0v) is 11.3. The van der Waals surface area contributed by atoms with Gasteiger partial charge in [-0.3, -0.25) is 4.79 Å². The molecule has 3 N–H and O–H groups in total. The minimum absolute atomic E-state index is 0.0830. The number of nitrogen functional groups attached to an aromatic ring is 1. The van der Waals surface area contributed by atoms with Gasteiger partial charge < -0.3 is 11.1 Å². The zero-order valence-electron chi connectivity index (χ0n) is 9.72. The standard InChI is InChI=1S/C11H12BrN5O/c1-7-4-8(12)2-3-9(7)15-10(18)5-17-6-14-11(13)16-17/h2-4,6H,5H2,1H3,(H2,13,16)(H,15,18). The van der Waals surface area contributed by atoms with Gasteiger partial charge in [-0.15, -0.1) is 5.10 Å². The number of nitrogens with two attached hydrogens (primary N) is 1. The first-order valence-electron chi connectivity index (χ1n) is 5.25. The van der Waals surface area contributed by atoms with Crippen LogP contribution in [0.4, 0.5) is 11.6 Å². The van der Waals surface area contributed by atoms with Crippen molar-refractivity contribution in [2.45, 2.75) is 13.5 Å². The third kappa shape index (κ3) is 3.07. The average Bonchev–Trinajstić information content (AvgIpc) is 2.68. The van der Waals surface area contributed by atoms with E-state index in [4.69, 9.17) is 5.73 Å². The zero-order chi connectivity index (χ0) is 13.1. The number of anilines is 2. The maximum Gasteiger partial charge on any atom is 0.246 e.